The van der Waals surface area contributed by atoms with Crippen LogP contribution in [0.3, 0.4) is 0 Å². The van der Waals surface area contributed by atoms with Crippen LogP contribution >= 0.6 is 11.8 Å². The Morgan fingerprint density at radius 1 is 0.720 bits per heavy atom. The van der Waals surface area contributed by atoms with Gasteiger partial charge in [-0.25, -0.2) is 0 Å². The fraction of sp³-hybridized carbons (Fsp3) is 0.500. The summed E-state index contributed by atoms with van der Waals surface area (Å²) in [7, 11) is 0. The fourth-order valence-electron chi connectivity index (χ4n) is 1.11. The number of aliphatic carboxylic acids is 1. The summed E-state index contributed by atoms with van der Waals surface area (Å²) in [6.07, 6.45) is 0. The third kappa shape index (κ3) is 17.0. The van der Waals surface area contributed by atoms with E-state index < -0.39 is 49.2 Å². The van der Waals surface area contributed by atoms with Crippen LogP contribution in [0.4, 0.5) is 0 Å². The molecule has 4 N–H and O–H groups in total. The molecule has 0 spiro atoms. The molecule has 0 atom stereocenters. The molecule has 0 fully saturated rings. The number of carboxylic acids is 1. The van der Waals surface area contributed by atoms with Crippen molar-refractivity contribution in [1.82, 2.24) is 21.3 Å². The molecule has 0 aromatic carbocycles. The van der Waals surface area contributed by atoms with E-state index in [0.29, 0.717) is 0 Å². The molecule has 0 aliphatic heterocycles. The Kier molecular flexibility index (Phi) is 15.0. The second-order valence-electron chi connectivity index (χ2n) is 4.26. The molecule has 0 aromatic heterocycles. The summed E-state index contributed by atoms with van der Waals surface area (Å²) >= 11 is 0.799. The third-order valence-electron chi connectivity index (χ3n) is 2.17. The van der Waals surface area contributed by atoms with Gasteiger partial charge in [0.1, 0.15) is 0 Å². The van der Waals surface area contributed by atoms with Crippen LogP contribution in [0.25, 0.3) is 0 Å². The van der Waals surface area contributed by atoms with Crippen molar-refractivity contribution in [3.05, 3.63) is 0 Å². The third-order valence-corrected chi connectivity index (χ3v) is 2.99. The smallest absolute Gasteiger partial charge is 0.548 e. The number of thioether (sulfide) groups is 1. The Morgan fingerprint density at radius 3 is 1.44 bits per heavy atom. The first-order chi connectivity index (χ1) is 11.2. The van der Waals surface area contributed by atoms with Gasteiger partial charge in [-0.05, 0) is 0 Å². The summed E-state index contributed by atoms with van der Waals surface area (Å²) in [6.45, 7) is -0.614. The molecule has 134 valence electrons. The van der Waals surface area contributed by atoms with E-state index in [1.165, 1.54) is 6.92 Å². The number of hydrogen-bond donors (Lipinski definition) is 4. The Labute approximate surface area is 169 Å². The van der Waals surface area contributed by atoms with E-state index in [-0.39, 0.29) is 47.0 Å². The van der Waals surface area contributed by atoms with Crippen LogP contribution in [0.2, 0.25) is 0 Å². The van der Waals surface area contributed by atoms with Crippen molar-refractivity contribution in [2.75, 3.05) is 31.9 Å². The number of rotatable bonds is 10. The molecule has 0 saturated carbocycles. The van der Waals surface area contributed by atoms with Crippen molar-refractivity contribution in [3.63, 3.8) is 0 Å². The van der Waals surface area contributed by atoms with Gasteiger partial charge in [0.2, 0.25) is 23.6 Å². The number of nitrogens with one attached hydrogen (secondary N) is 4. The van der Waals surface area contributed by atoms with Crippen molar-refractivity contribution in [3.8, 4) is 0 Å². The number of amides is 4. The standard InChI is InChI=1S/C12H18N4O7S.Na/c1-7(17)24-6-11(21)15-4-9(19)13-2-8(18)14-3-10(20)16-5-12(22)23;/h2-6H2,1H3,(H,13,19)(H,14,18)(H,15,21)(H,16,20)(H,22,23);/q;+1/p-1. The number of hydrogen-bond acceptors (Lipinski definition) is 8. The zero-order chi connectivity index (χ0) is 18.5. The number of carbonyl (C=O) groups excluding carboxylic acids is 6. The zero-order valence-corrected chi connectivity index (χ0v) is 16.6. The van der Waals surface area contributed by atoms with Gasteiger partial charge in [-0.2, -0.15) is 0 Å². The summed E-state index contributed by atoms with van der Waals surface area (Å²) < 4.78 is 0. The summed E-state index contributed by atoms with van der Waals surface area (Å²) in [5.74, 6) is -4.11. The van der Waals surface area contributed by atoms with E-state index in [1.54, 1.807) is 0 Å². The molecule has 0 aromatic rings. The molecule has 0 radical (unpaired) electrons. The molecule has 0 aliphatic rings. The van der Waals surface area contributed by atoms with Crippen LogP contribution in [0.5, 0.6) is 0 Å². The minimum absolute atomic E-state index is 0. The van der Waals surface area contributed by atoms with E-state index in [4.69, 9.17) is 0 Å². The van der Waals surface area contributed by atoms with Gasteiger partial charge < -0.3 is 31.2 Å². The van der Waals surface area contributed by atoms with Crippen LogP contribution in [0, 0.1) is 0 Å². The second kappa shape index (κ2) is 14.7. The van der Waals surface area contributed by atoms with Crippen LogP contribution in [0.15, 0.2) is 0 Å². The quantitative estimate of drug-likeness (QED) is 0.269. The van der Waals surface area contributed by atoms with Crippen molar-refractivity contribution in [2.24, 2.45) is 0 Å². The predicted molar refractivity (Wildman–Crippen MR) is 80.2 cm³/mol. The molecule has 0 rings (SSSR count). The van der Waals surface area contributed by atoms with Crippen molar-refractivity contribution >= 4 is 46.5 Å². The first-order valence-electron chi connectivity index (χ1n) is 6.60. The molecule has 0 aliphatic carbocycles. The molecule has 13 heteroatoms. The maximum Gasteiger partial charge on any atom is 1.00 e. The van der Waals surface area contributed by atoms with E-state index in [0.717, 1.165) is 11.8 Å². The zero-order valence-electron chi connectivity index (χ0n) is 13.8. The first-order valence-corrected chi connectivity index (χ1v) is 7.59. The molecular weight excluding hydrogens is 367 g/mol. The predicted octanol–water partition coefficient (Wildman–Crippen LogP) is -7.52. The summed E-state index contributed by atoms with van der Waals surface area (Å²) in [4.78, 5) is 65.8. The molecule has 4 amide bonds. The largest absolute Gasteiger partial charge is 1.00 e. The van der Waals surface area contributed by atoms with Gasteiger partial charge in [-0.1, -0.05) is 11.8 Å². The van der Waals surface area contributed by atoms with Gasteiger partial charge in [-0.15, -0.1) is 0 Å². The Morgan fingerprint density at radius 2 is 1.08 bits per heavy atom. The molecule has 0 saturated heterocycles. The summed E-state index contributed by atoms with van der Waals surface area (Å²) in [5, 5.41) is 18.5. The van der Waals surface area contributed by atoms with Gasteiger partial charge in [0, 0.05) is 6.92 Å². The SMILES string of the molecule is CC(=O)SCC(=O)NCC(=O)NCC(=O)NCC(=O)NCC(=O)[O-].[Na+]. The Balaban J connectivity index is 0. The van der Waals surface area contributed by atoms with Crippen LogP contribution in [-0.4, -0.2) is 66.6 Å². The maximum atomic E-state index is 11.4. The molecule has 25 heavy (non-hydrogen) atoms. The molecular formula is C12H17N4NaO7S. The van der Waals surface area contributed by atoms with Gasteiger partial charge in [0.25, 0.3) is 0 Å². The average Bonchev–Trinajstić information content (AvgIpc) is 2.52. The molecule has 0 unspecified atom stereocenters. The molecule has 0 heterocycles. The van der Waals surface area contributed by atoms with E-state index in [1.807, 2.05) is 5.32 Å². The number of carbonyl (C=O) groups is 6. The normalized spacial score (nSPS) is 9.16. The topological polar surface area (TPSA) is 174 Å². The van der Waals surface area contributed by atoms with Gasteiger partial charge in [0.05, 0.1) is 37.9 Å². The maximum absolute atomic E-state index is 11.4. The van der Waals surface area contributed by atoms with Gasteiger partial charge in [-0.3, -0.25) is 24.0 Å². The Bertz CT molecular complexity index is 484. The monoisotopic (exact) mass is 384 g/mol. The average molecular weight is 384 g/mol. The van der Waals surface area contributed by atoms with Gasteiger partial charge >= 0.3 is 29.6 Å². The van der Waals surface area contributed by atoms with Crippen molar-refractivity contribution < 1.29 is 63.4 Å². The van der Waals surface area contributed by atoms with Crippen molar-refractivity contribution in [2.45, 2.75) is 6.92 Å². The summed E-state index contributed by atoms with van der Waals surface area (Å²) in [6, 6.07) is 0. The second-order valence-corrected chi connectivity index (χ2v) is 5.41. The minimum atomic E-state index is -1.47. The van der Waals surface area contributed by atoms with Crippen LogP contribution in [0.1, 0.15) is 6.92 Å². The van der Waals surface area contributed by atoms with Crippen LogP contribution in [-0.2, 0) is 28.8 Å². The van der Waals surface area contributed by atoms with Gasteiger partial charge in [0.15, 0.2) is 5.12 Å². The van der Waals surface area contributed by atoms with Crippen LogP contribution < -0.4 is 55.9 Å². The Hall–Kier alpha value is -1.63. The number of carboxylic acid groups (broad SMARTS) is 1. The van der Waals surface area contributed by atoms with E-state index in [2.05, 4.69) is 16.0 Å². The summed E-state index contributed by atoms with van der Waals surface area (Å²) in [5.41, 5.74) is 0. The van der Waals surface area contributed by atoms with E-state index >= 15 is 0 Å². The molecule has 0 bridgehead atoms. The minimum Gasteiger partial charge on any atom is -0.548 e. The van der Waals surface area contributed by atoms with E-state index in [9.17, 15) is 33.9 Å². The van der Waals surface area contributed by atoms with Crippen molar-refractivity contribution in [1.29, 1.82) is 0 Å². The fourth-order valence-corrected chi connectivity index (χ4v) is 1.55. The molecule has 11 nitrogen and oxygen atoms in total. The first kappa shape index (κ1) is 25.6.